The first-order valence-corrected chi connectivity index (χ1v) is 8.76. The van der Waals surface area contributed by atoms with Gasteiger partial charge >= 0.3 is 0 Å². The van der Waals surface area contributed by atoms with Crippen molar-refractivity contribution in [1.82, 2.24) is 4.72 Å². The van der Waals surface area contributed by atoms with E-state index in [1.807, 2.05) is 45.0 Å². The molecule has 0 saturated carbocycles. The lowest BCUT2D eigenvalue weighted by Crippen LogP contribution is -2.31. The van der Waals surface area contributed by atoms with E-state index in [-0.39, 0.29) is 10.9 Å². The van der Waals surface area contributed by atoms with E-state index in [9.17, 15) is 8.42 Å². The molecule has 0 saturated heterocycles. The van der Waals surface area contributed by atoms with Gasteiger partial charge in [0, 0.05) is 6.04 Å². The van der Waals surface area contributed by atoms with Gasteiger partial charge in [0.25, 0.3) is 0 Å². The molecular formula is C17H21NO3S. The van der Waals surface area contributed by atoms with Crippen LogP contribution in [0.3, 0.4) is 0 Å². The lowest BCUT2D eigenvalue weighted by atomic mass is 10.2. The van der Waals surface area contributed by atoms with E-state index in [1.165, 1.54) is 0 Å². The minimum atomic E-state index is -3.47. The first kappa shape index (κ1) is 16.5. The minimum Gasteiger partial charge on any atom is -0.457 e. The number of aryl methyl sites for hydroxylation is 1. The summed E-state index contributed by atoms with van der Waals surface area (Å²) in [5.74, 6) is 1.32. The summed E-state index contributed by atoms with van der Waals surface area (Å²) in [5.41, 5.74) is 1.16. The van der Waals surface area contributed by atoms with Gasteiger partial charge in [-0.1, -0.05) is 24.6 Å². The molecule has 5 heteroatoms. The summed E-state index contributed by atoms with van der Waals surface area (Å²) in [6.07, 6.45) is 0.744. The van der Waals surface area contributed by atoms with E-state index in [2.05, 4.69) is 4.72 Å². The second-order valence-electron chi connectivity index (χ2n) is 5.32. The third kappa shape index (κ3) is 4.32. The number of sulfonamides is 1. The van der Waals surface area contributed by atoms with Gasteiger partial charge in [-0.15, -0.1) is 0 Å². The topological polar surface area (TPSA) is 55.4 Å². The van der Waals surface area contributed by atoms with Crippen molar-refractivity contribution in [3.05, 3.63) is 54.1 Å². The zero-order valence-electron chi connectivity index (χ0n) is 13.0. The van der Waals surface area contributed by atoms with Crippen LogP contribution >= 0.6 is 0 Å². The maximum absolute atomic E-state index is 12.2. The number of hydrogen-bond acceptors (Lipinski definition) is 3. The summed E-state index contributed by atoms with van der Waals surface area (Å²) in [6, 6.07) is 14.0. The average Bonchev–Trinajstić information content (AvgIpc) is 2.49. The Kier molecular flexibility index (Phi) is 5.21. The fourth-order valence-corrected chi connectivity index (χ4v) is 3.17. The first-order valence-electron chi connectivity index (χ1n) is 7.27. The van der Waals surface area contributed by atoms with Crippen LogP contribution in [0.1, 0.15) is 25.8 Å². The molecule has 0 aromatic heterocycles. The third-order valence-electron chi connectivity index (χ3n) is 3.36. The van der Waals surface area contributed by atoms with Crippen LogP contribution in [-0.4, -0.2) is 14.5 Å². The summed E-state index contributed by atoms with van der Waals surface area (Å²) in [4.78, 5) is 0.240. The largest absolute Gasteiger partial charge is 0.457 e. The number of nitrogens with one attached hydrogen (secondary N) is 1. The van der Waals surface area contributed by atoms with E-state index >= 15 is 0 Å². The fraction of sp³-hybridized carbons (Fsp3) is 0.294. The van der Waals surface area contributed by atoms with Crippen molar-refractivity contribution in [3.63, 3.8) is 0 Å². The smallest absolute Gasteiger partial charge is 0.240 e. The summed E-state index contributed by atoms with van der Waals surface area (Å²) in [5, 5.41) is 0. The Balaban J connectivity index is 2.11. The zero-order valence-corrected chi connectivity index (χ0v) is 13.9. The Morgan fingerprint density at radius 2 is 1.50 bits per heavy atom. The molecule has 0 fully saturated rings. The molecule has 1 atom stereocenters. The van der Waals surface area contributed by atoms with Gasteiger partial charge in [0.05, 0.1) is 4.90 Å². The van der Waals surface area contributed by atoms with Gasteiger partial charge in [0.2, 0.25) is 10.0 Å². The zero-order chi connectivity index (χ0) is 16.2. The van der Waals surface area contributed by atoms with E-state index in [4.69, 9.17) is 4.74 Å². The maximum Gasteiger partial charge on any atom is 0.240 e. The lowest BCUT2D eigenvalue weighted by molar-refractivity contribution is 0.482. The van der Waals surface area contributed by atoms with Crippen LogP contribution in [0.15, 0.2) is 53.4 Å². The molecule has 2 aromatic carbocycles. The Bertz CT molecular complexity index is 707. The van der Waals surface area contributed by atoms with Crippen LogP contribution in [-0.2, 0) is 10.0 Å². The molecule has 22 heavy (non-hydrogen) atoms. The van der Waals surface area contributed by atoms with Crippen LogP contribution in [0.5, 0.6) is 11.5 Å². The highest BCUT2D eigenvalue weighted by Gasteiger charge is 2.16. The van der Waals surface area contributed by atoms with Crippen molar-refractivity contribution in [3.8, 4) is 11.5 Å². The second-order valence-corrected chi connectivity index (χ2v) is 7.03. The molecule has 118 valence electrons. The molecular weight excluding hydrogens is 298 g/mol. The van der Waals surface area contributed by atoms with E-state index < -0.39 is 10.0 Å². The van der Waals surface area contributed by atoms with Gasteiger partial charge in [0.1, 0.15) is 11.5 Å². The normalized spacial score (nSPS) is 12.9. The molecule has 0 aliphatic heterocycles. The monoisotopic (exact) mass is 319 g/mol. The molecule has 0 heterocycles. The van der Waals surface area contributed by atoms with Gasteiger partial charge in [-0.2, -0.15) is 0 Å². The Labute approximate surface area is 132 Å². The predicted octanol–water partition coefficient (Wildman–Crippen LogP) is 3.86. The van der Waals surface area contributed by atoms with Crippen LogP contribution in [0, 0.1) is 6.92 Å². The van der Waals surface area contributed by atoms with E-state index in [1.54, 1.807) is 24.3 Å². The minimum absolute atomic E-state index is 0.0894. The van der Waals surface area contributed by atoms with Gasteiger partial charge in [-0.25, -0.2) is 13.1 Å². The van der Waals surface area contributed by atoms with Gasteiger partial charge in [-0.05, 0) is 56.7 Å². The molecule has 2 aromatic rings. The highest BCUT2D eigenvalue weighted by Crippen LogP contribution is 2.23. The van der Waals surface area contributed by atoms with Crippen molar-refractivity contribution >= 4 is 10.0 Å². The molecule has 0 unspecified atom stereocenters. The van der Waals surface area contributed by atoms with Gasteiger partial charge < -0.3 is 4.74 Å². The summed E-state index contributed by atoms with van der Waals surface area (Å²) >= 11 is 0. The highest BCUT2D eigenvalue weighted by atomic mass is 32.2. The predicted molar refractivity (Wildman–Crippen MR) is 87.8 cm³/mol. The summed E-state index contributed by atoms with van der Waals surface area (Å²) < 4.78 is 32.6. The Morgan fingerprint density at radius 1 is 1.00 bits per heavy atom. The van der Waals surface area contributed by atoms with Gasteiger partial charge in [0.15, 0.2) is 0 Å². The standard InChI is InChI=1S/C17H21NO3S/c1-4-14(3)18-22(19,20)17-11-9-16(10-12-17)21-15-7-5-13(2)6-8-15/h5-12,14,18H,4H2,1-3H3/t14-/m0/s1. The van der Waals surface area contributed by atoms with E-state index in [0.29, 0.717) is 5.75 Å². The van der Waals surface area contributed by atoms with Crippen LogP contribution in [0.4, 0.5) is 0 Å². The average molecular weight is 319 g/mol. The highest BCUT2D eigenvalue weighted by molar-refractivity contribution is 7.89. The summed E-state index contributed by atoms with van der Waals surface area (Å²) in [7, 11) is -3.47. The molecule has 0 amide bonds. The van der Waals surface area contributed by atoms with E-state index in [0.717, 1.165) is 17.7 Å². The van der Waals surface area contributed by atoms with Crippen molar-refractivity contribution in [1.29, 1.82) is 0 Å². The number of benzene rings is 2. The number of ether oxygens (including phenoxy) is 1. The number of hydrogen-bond donors (Lipinski definition) is 1. The number of rotatable bonds is 6. The molecule has 0 radical (unpaired) electrons. The molecule has 4 nitrogen and oxygen atoms in total. The first-order chi connectivity index (χ1) is 10.4. The van der Waals surface area contributed by atoms with Gasteiger partial charge in [-0.3, -0.25) is 0 Å². The summed E-state index contributed by atoms with van der Waals surface area (Å²) in [6.45, 7) is 5.78. The molecule has 0 aliphatic rings. The van der Waals surface area contributed by atoms with Crippen LogP contribution < -0.4 is 9.46 Å². The maximum atomic E-state index is 12.2. The molecule has 0 aliphatic carbocycles. The van der Waals surface area contributed by atoms with Crippen molar-refractivity contribution in [2.24, 2.45) is 0 Å². The Morgan fingerprint density at radius 3 is 2.00 bits per heavy atom. The molecule has 1 N–H and O–H groups in total. The quantitative estimate of drug-likeness (QED) is 0.879. The molecule has 2 rings (SSSR count). The Hall–Kier alpha value is -1.85. The fourth-order valence-electron chi connectivity index (χ4n) is 1.85. The van der Waals surface area contributed by atoms with Crippen molar-refractivity contribution < 1.29 is 13.2 Å². The SMILES string of the molecule is CC[C@H](C)NS(=O)(=O)c1ccc(Oc2ccc(C)cc2)cc1. The molecule has 0 bridgehead atoms. The lowest BCUT2D eigenvalue weighted by Gasteiger charge is -2.12. The molecule has 0 spiro atoms. The second kappa shape index (κ2) is 6.94. The van der Waals surface area contributed by atoms with Crippen molar-refractivity contribution in [2.75, 3.05) is 0 Å². The van der Waals surface area contributed by atoms with Crippen LogP contribution in [0.25, 0.3) is 0 Å². The van der Waals surface area contributed by atoms with Crippen molar-refractivity contribution in [2.45, 2.75) is 38.1 Å². The third-order valence-corrected chi connectivity index (χ3v) is 4.96. The van der Waals surface area contributed by atoms with Crippen LogP contribution in [0.2, 0.25) is 0 Å².